The Kier molecular flexibility index (Phi) is 8.06. The maximum absolute atomic E-state index is 12.1. The number of nitrogens with one attached hydrogen (secondary N) is 1. The summed E-state index contributed by atoms with van der Waals surface area (Å²) in [4.78, 5) is 25.9. The van der Waals surface area contributed by atoms with Crippen molar-refractivity contribution in [2.75, 3.05) is 17.7 Å². The third-order valence-electron chi connectivity index (χ3n) is 3.19. The van der Waals surface area contributed by atoms with Crippen LogP contribution in [0.1, 0.15) is 6.92 Å². The Morgan fingerprint density at radius 3 is 2.58 bits per heavy atom. The lowest BCUT2D eigenvalue weighted by Crippen LogP contribution is -2.25. The van der Waals surface area contributed by atoms with E-state index in [9.17, 15) is 9.59 Å². The lowest BCUT2D eigenvalue weighted by atomic mass is 10.3. The Morgan fingerprint density at radius 2 is 1.85 bits per heavy atom. The summed E-state index contributed by atoms with van der Waals surface area (Å²) in [6, 6.07) is 18.8. The summed E-state index contributed by atoms with van der Waals surface area (Å²) in [6.07, 6.45) is 0. The number of esters is 1. The highest BCUT2D eigenvalue weighted by molar-refractivity contribution is 8.00. The smallest absolute Gasteiger partial charge is 0.319 e. The molecule has 1 atom stereocenters. The highest BCUT2D eigenvalue weighted by Crippen LogP contribution is 2.26. The number of ether oxygens (including phenoxy) is 1. The molecule has 7 heteroatoms. The minimum absolute atomic E-state index is 0.288. The van der Waals surface area contributed by atoms with E-state index >= 15 is 0 Å². The van der Waals surface area contributed by atoms with Gasteiger partial charge < -0.3 is 10.1 Å². The van der Waals surface area contributed by atoms with Crippen molar-refractivity contribution in [1.29, 1.82) is 5.26 Å². The molecule has 0 radical (unpaired) electrons. The number of hydrogen-bond acceptors (Lipinski definition) is 6. The maximum atomic E-state index is 12.1. The Balaban J connectivity index is 1.83. The second kappa shape index (κ2) is 10.5. The average molecular weight is 386 g/mol. The summed E-state index contributed by atoms with van der Waals surface area (Å²) in [7, 11) is 0. The monoisotopic (exact) mass is 386 g/mol. The van der Waals surface area contributed by atoms with Crippen LogP contribution < -0.4 is 5.32 Å². The van der Waals surface area contributed by atoms with E-state index in [1.54, 1.807) is 19.1 Å². The van der Waals surface area contributed by atoms with Crippen molar-refractivity contribution in [1.82, 2.24) is 0 Å². The predicted molar refractivity (Wildman–Crippen MR) is 104 cm³/mol. The Hall–Kier alpha value is -2.43. The number of carbonyl (C=O) groups is 2. The molecule has 2 aromatic carbocycles. The van der Waals surface area contributed by atoms with Gasteiger partial charge in [-0.3, -0.25) is 9.59 Å². The van der Waals surface area contributed by atoms with Gasteiger partial charge in [-0.1, -0.05) is 30.3 Å². The first kappa shape index (κ1) is 19.9. The van der Waals surface area contributed by atoms with Gasteiger partial charge in [0.25, 0.3) is 5.91 Å². The fourth-order valence-corrected chi connectivity index (χ4v) is 3.55. The lowest BCUT2D eigenvalue weighted by molar-refractivity contribution is -0.146. The fraction of sp³-hybridized carbons (Fsp3) is 0.211. The second-order valence-corrected chi connectivity index (χ2v) is 7.60. The van der Waals surface area contributed by atoms with Gasteiger partial charge >= 0.3 is 5.97 Å². The number of benzene rings is 2. The van der Waals surface area contributed by atoms with Gasteiger partial charge in [0, 0.05) is 9.79 Å². The highest BCUT2D eigenvalue weighted by Gasteiger charge is 2.17. The molecule has 2 aromatic rings. The van der Waals surface area contributed by atoms with Gasteiger partial charge in [-0.15, -0.1) is 23.5 Å². The van der Waals surface area contributed by atoms with E-state index in [1.165, 1.54) is 23.5 Å². The van der Waals surface area contributed by atoms with Crippen molar-refractivity contribution in [2.45, 2.75) is 22.0 Å². The molecule has 5 nitrogen and oxygen atoms in total. The van der Waals surface area contributed by atoms with Gasteiger partial charge in [-0.25, -0.2) is 0 Å². The first-order valence-corrected chi connectivity index (χ1v) is 9.73. The molecule has 0 unspecified atom stereocenters. The number of anilines is 1. The number of hydrogen-bond donors (Lipinski definition) is 1. The van der Waals surface area contributed by atoms with Crippen LogP contribution in [0.25, 0.3) is 0 Å². The number of para-hydroxylation sites is 1. The van der Waals surface area contributed by atoms with E-state index in [4.69, 9.17) is 10.00 Å². The van der Waals surface area contributed by atoms with Crippen LogP contribution in [0.5, 0.6) is 0 Å². The van der Waals surface area contributed by atoms with Gasteiger partial charge in [0.2, 0.25) is 0 Å². The van der Waals surface area contributed by atoms with Crippen molar-refractivity contribution in [3.05, 3.63) is 54.6 Å². The normalized spacial score (nSPS) is 11.2. The van der Waals surface area contributed by atoms with Crippen LogP contribution in [-0.2, 0) is 14.3 Å². The Labute approximate surface area is 161 Å². The van der Waals surface area contributed by atoms with Crippen molar-refractivity contribution >= 4 is 41.1 Å². The molecule has 26 heavy (non-hydrogen) atoms. The molecule has 0 heterocycles. The summed E-state index contributed by atoms with van der Waals surface area (Å²) in [5.41, 5.74) is 0.598. The molecule has 0 bridgehead atoms. The van der Waals surface area contributed by atoms with Crippen molar-refractivity contribution in [3.63, 3.8) is 0 Å². The number of amides is 1. The van der Waals surface area contributed by atoms with E-state index in [2.05, 4.69) is 5.32 Å². The first-order chi connectivity index (χ1) is 12.6. The van der Waals surface area contributed by atoms with E-state index in [1.807, 2.05) is 48.5 Å². The maximum Gasteiger partial charge on any atom is 0.319 e. The number of nitrogens with zero attached hydrogens (tertiary/aromatic N) is 1. The van der Waals surface area contributed by atoms with E-state index < -0.39 is 17.1 Å². The fourth-order valence-electron chi connectivity index (χ4n) is 2.00. The zero-order chi connectivity index (χ0) is 18.8. The summed E-state index contributed by atoms with van der Waals surface area (Å²) in [5, 5.41) is 11.0. The zero-order valence-electron chi connectivity index (χ0n) is 14.2. The number of nitriles is 1. The van der Waals surface area contributed by atoms with E-state index in [0.717, 1.165) is 9.79 Å². The molecule has 2 rings (SSSR count). The first-order valence-electron chi connectivity index (χ1n) is 7.87. The minimum atomic E-state index is -0.443. The Bertz CT molecular complexity index is 791. The molecule has 0 aliphatic rings. The lowest BCUT2D eigenvalue weighted by Gasteiger charge is -2.12. The molecule has 0 saturated carbocycles. The third kappa shape index (κ3) is 6.47. The van der Waals surface area contributed by atoms with Crippen LogP contribution in [0.3, 0.4) is 0 Å². The number of carbonyl (C=O) groups excluding carboxylic acids is 2. The van der Waals surface area contributed by atoms with E-state index in [0.29, 0.717) is 5.69 Å². The molecule has 0 spiro atoms. The van der Waals surface area contributed by atoms with Crippen LogP contribution in [-0.4, -0.2) is 29.5 Å². The molecule has 1 amide bonds. The molecular formula is C19H18N2O3S2. The van der Waals surface area contributed by atoms with Crippen LogP contribution in [0, 0.1) is 11.3 Å². The number of rotatable bonds is 8. The molecule has 1 N–H and O–H groups in total. The van der Waals surface area contributed by atoms with E-state index in [-0.39, 0.29) is 12.4 Å². The van der Waals surface area contributed by atoms with Crippen LogP contribution in [0.4, 0.5) is 5.69 Å². The summed E-state index contributed by atoms with van der Waals surface area (Å²) in [6.45, 7) is 1.39. The molecule has 0 aromatic heterocycles. The molecule has 0 aliphatic heterocycles. The standard InChI is InChI=1S/C19H18N2O3S2/c1-14(26-15-7-3-2-4-8-15)19(23)24-13-18(22)21-16-9-5-6-10-17(16)25-12-11-20/h2-10,14H,12-13H2,1H3,(H,21,22)/t14-/m0/s1. The van der Waals surface area contributed by atoms with Gasteiger partial charge in [0.1, 0.15) is 5.25 Å². The predicted octanol–water partition coefficient (Wildman–Crippen LogP) is 3.96. The van der Waals surface area contributed by atoms with Crippen LogP contribution in [0.2, 0.25) is 0 Å². The van der Waals surface area contributed by atoms with Crippen molar-refractivity contribution < 1.29 is 14.3 Å². The Morgan fingerprint density at radius 1 is 1.15 bits per heavy atom. The van der Waals surface area contributed by atoms with Gasteiger partial charge in [0.15, 0.2) is 6.61 Å². The quantitative estimate of drug-likeness (QED) is 0.546. The SMILES string of the molecule is C[C@H](Sc1ccccc1)C(=O)OCC(=O)Nc1ccccc1SCC#N. The summed E-state index contributed by atoms with van der Waals surface area (Å²) < 4.78 is 5.10. The van der Waals surface area contributed by atoms with Crippen LogP contribution >= 0.6 is 23.5 Å². The molecule has 134 valence electrons. The highest BCUT2D eigenvalue weighted by atomic mass is 32.2. The molecule has 0 fully saturated rings. The van der Waals surface area contributed by atoms with Crippen molar-refractivity contribution in [3.8, 4) is 6.07 Å². The topological polar surface area (TPSA) is 79.2 Å². The number of thioether (sulfide) groups is 2. The van der Waals surface area contributed by atoms with Crippen LogP contribution in [0.15, 0.2) is 64.4 Å². The second-order valence-electron chi connectivity index (χ2n) is 5.17. The zero-order valence-corrected chi connectivity index (χ0v) is 15.8. The van der Waals surface area contributed by atoms with Gasteiger partial charge in [-0.2, -0.15) is 5.26 Å². The van der Waals surface area contributed by atoms with Gasteiger partial charge in [0.05, 0.1) is 17.5 Å². The summed E-state index contributed by atoms with van der Waals surface area (Å²) in [5.74, 6) is -0.572. The minimum Gasteiger partial charge on any atom is -0.455 e. The average Bonchev–Trinajstić information content (AvgIpc) is 2.66. The summed E-state index contributed by atoms with van der Waals surface area (Å²) >= 11 is 2.71. The molecule has 0 saturated heterocycles. The molecule has 0 aliphatic carbocycles. The largest absolute Gasteiger partial charge is 0.455 e. The third-order valence-corrected chi connectivity index (χ3v) is 5.22. The molecular weight excluding hydrogens is 368 g/mol. The van der Waals surface area contributed by atoms with Gasteiger partial charge in [-0.05, 0) is 31.2 Å². The van der Waals surface area contributed by atoms with Crippen molar-refractivity contribution in [2.24, 2.45) is 0 Å².